The van der Waals surface area contributed by atoms with Gasteiger partial charge < -0.3 is 11.1 Å². The van der Waals surface area contributed by atoms with Crippen molar-refractivity contribution in [3.05, 3.63) is 36.4 Å². The zero-order valence-corrected chi connectivity index (χ0v) is 10.2. The second-order valence-corrected chi connectivity index (χ2v) is 3.56. The Morgan fingerprint density at radius 1 is 1.32 bits per heavy atom. The third-order valence-corrected chi connectivity index (χ3v) is 2.34. The van der Waals surface area contributed by atoms with Crippen molar-refractivity contribution in [1.82, 2.24) is 20.4 Å². The Kier molecular flexibility index (Phi) is 3.72. The highest BCUT2D eigenvalue weighted by Crippen LogP contribution is 2.20. The molecule has 1 amide bonds. The zero-order valence-electron chi connectivity index (χ0n) is 10.2. The minimum absolute atomic E-state index is 0.316. The van der Waals surface area contributed by atoms with Gasteiger partial charge in [-0.25, -0.2) is 9.97 Å². The van der Waals surface area contributed by atoms with Crippen LogP contribution in [-0.4, -0.2) is 27.9 Å². The van der Waals surface area contributed by atoms with Crippen LogP contribution < -0.4 is 21.9 Å². The van der Waals surface area contributed by atoms with E-state index in [1.165, 1.54) is 12.5 Å². The van der Waals surface area contributed by atoms with Crippen molar-refractivity contribution in [3.63, 3.8) is 0 Å². The molecule has 0 saturated carbocycles. The number of rotatable bonds is 4. The summed E-state index contributed by atoms with van der Waals surface area (Å²) in [7, 11) is 1.69. The number of anilines is 3. The van der Waals surface area contributed by atoms with Gasteiger partial charge in [0.15, 0.2) is 11.6 Å². The molecule has 0 saturated heterocycles. The third-order valence-electron chi connectivity index (χ3n) is 2.34. The van der Waals surface area contributed by atoms with Crippen molar-refractivity contribution in [3.8, 4) is 0 Å². The Morgan fingerprint density at radius 3 is 2.79 bits per heavy atom. The van der Waals surface area contributed by atoms with Crippen molar-refractivity contribution < 1.29 is 4.79 Å². The van der Waals surface area contributed by atoms with Crippen LogP contribution in [-0.2, 0) is 0 Å². The molecular formula is C11H13N7O. The first-order valence-electron chi connectivity index (χ1n) is 5.47. The lowest BCUT2D eigenvalue weighted by Gasteiger charge is -2.11. The van der Waals surface area contributed by atoms with E-state index in [-0.39, 0.29) is 5.91 Å². The first-order chi connectivity index (χ1) is 9.22. The quantitative estimate of drug-likeness (QED) is 0.581. The summed E-state index contributed by atoms with van der Waals surface area (Å²) in [6.07, 6.45) is 4.38. The van der Waals surface area contributed by atoms with Crippen LogP contribution in [0.2, 0.25) is 0 Å². The minimum atomic E-state index is -0.336. The maximum Gasteiger partial charge on any atom is 0.271 e. The molecule has 8 nitrogen and oxygen atoms in total. The minimum Gasteiger partial charge on any atom is -0.393 e. The van der Waals surface area contributed by atoms with Crippen LogP contribution in [0.5, 0.6) is 0 Å². The Hall–Kier alpha value is -2.90. The van der Waals surface area contributed by atoms with Crippen LogP contribution in [0.1, 0.15) is 10.4 Å². The Bertz CT molecular complexity index is 573. The van der Waals surface area contributed by atoms with E-state index >= 15 is 0 Å². The van der Waals surface area contributed by atoms with E-state index in [4.69, 9.17) is 5.73 Å². The van der Waals surface area contributed by atoms with Gasteiger partial charge >= 0.3 is 0 Å². The van der Waals surface area contributed by atoms with E-state index < -0.39 is 0 Å². The molecule has 0 bridgehead atoms. The SMILES string of the molecule is CNc1ncnc(NNC(=O)c2cccnc2)c1N. The fourth-order valence-corrected chi connectivity index (χ4v) is 1.38. The van der Waals surface area contributed by atoms with Crippen LogP contribution in [0.3, 0.4) is 0 Å². The molecule has 0 aliphatic heterocycles. The molecule has 98 valence electrons. The van der Waals surface area contributed by atoms with Gasteiger partial charge in [-0.05, 0) is 12.1 Å². The normalized spacial score (nSPS) is 9.74. The largest absolute Gasteiger partial charge is 0.393 e. The van der Waals surface area contributed by atoms with Crippen LogP contribution >= 0.6 is 0 Å². The summed E-state index contributed by atoms with van der Waals surface area (Å²) in [6, 6.07) is 3.32. The van der Waals surface area contributed by atoms with E-state index in [2.05, 4.69) is 31.1 Å². The second-order valence-electron chi connectivity index (χ2n) is 3.56. The molecule has 0 spiro atoms. The van der Waals surface area contributed by atoms with Gasteiger partial charge in [0.05, 0.1) is 5.56 Å². The van der Waals surface area contributed by atoms with Gasteiger partial charge in [-0.1, -0.05) is 0 Å². The van der Waals surface area contributed by atoms with E-state index in [0.717, 1.165) is 0 Å². The molecule has 5 N–H and O–H groups in total. The van der Waals surface area contributed by atoms with Crippen molar-refractivity contribution in [2.75, 3.05) is 23.5 Å². The highest BCUT2D eigenvalue weighted by molar-refractivity contribution is 5.94. The number of pyridine rings is 1. The number of nitrogen functional groups attached to an aromatic ring is 1. The first kappa shape index (κ1) is 12.6. The van der Waals surface area contributed by atoms with Gasteiger partial charge in [0, 0.05) is 19.4 Å². The fraction of sp³-hybridized carbons (Fsp3) is 0.0909. The summed E-state index contributed by atoms with van der Waals surface area (Å²) < 4.78 is 0. The predicted octanol–water partition coefficient (Wildman–Crippen LogP) is 0.252. The van der Waals surface area contributed by atoms with Gasteiger partial charge in [0.2, 0.25) is 0 Å². The van der Waals surface area contributed by atoms with Crippen LogP contribution in [0, 0.1) is 0 Å². The monoisotopic (exact) mass is 259 g/mol. The maximum atomic E-state index is 11.8. The molecule has 0 radical (unpaired) electrons. The summed E-state index contributed by atoms with van der Waals surface area (Å²) in [6.45, 7) is 0. The predicted molar refractivity (Wildman–Crippen MR) is 71.3 cm³/mol. The number of carbonyl (C=O) groups excluding carboxylic acids is 1. The topological polar surface area (TPSA) is 118 Å². The van der Waals surface area contributed by atoms with Crippen LogP contribution in [0.25, 0.3) is 0 Å². The third kappa shape index (κ3) is 2.86. The molecule has 2 rings (SSSR count). The highest BCUT2D eigenvalue weighted by Gasteiger charge is 2.08. The number of hydrogen-bond donors (Lipinski definition) is 4. The van der Waals surface area contributed by atoms with Crippen molar-refractivity contribution in [2.24, 2.45) is 0 Å². The summed E-state index contributed by atoms with van der Waals surface area (Å²) in [5.74, 6) is 0.460. The number of nitrogens with one attached hydrogen (secondary N) is 3. The molecule has 2 aromatic rings. The van der Waals surface area contributed by atoms with E-state index in [1.807, 2.05) is 0 Å². The van der Waals surface area contributed by atoms with Crippen molar-refractivity contribution in [1.29, 1.82) is 0 Å². The Morgan fingerprint density at radius 2 is 2.11 bits per heavy atom. The van der Waals surface area contributed by atoms with E-state index in [1.54, 1.807) is 25.4 Å². The molecule has 0 atom stereocenters. The molecule has 19 heavy (non-hydrogen) atoms. The molecule has 0 fully saturated rings. The van der Waals surface area contributed by atoms with Gasteiger partial charge in [0.25, 0.3) is 5.91 Å². The van der Waals surface area contributed by atoms with E-state index in [0.29, 0.717) is 22.9 Å². The molecule has 8 heteroatoms. The molecule has 0 unspecified atom stereocenters. The summed E-state index contributed by atoms with van der Waals surface area (Å²) >= 11 is 0. The number of nitrogens with two attached hydrogens (primary N) is 1. The average molecular weight is 259 g/mol. The Balaban J connectivity index is 2.05. The number of aromatic nitrogens is 3. The summed E-state index contributed by atoms with van der Waals surface area (Å²) in [4.78, 5) is 23.5. The van der Waals surface area contributed by atoms with Gasteiger partial charge in [-0.15, -0.1) is 0 Å². The second kappa shape index (κ2) is 5.63. The van der Waals surface area contributed by atoms with Crippen LogP contribution in [0.15, 0.2) is 30.9 Å². The van der Waals surface area contributed by atoms with Crippen molar-refractivity contribution >= 4 is 23.2 Å². The van der Waals surface area contributed by atoms with Crippen molar-refractivity contribution in [2.45, 2.75) is 0 Å². The maximum absolute atomic E-state index is 11.8. The Labute approximate surface area is 109 Å². The number of hydrogen-bond acceptors (Lipinski definition) is 7. The van der Waals surface area contributed by atoms with Gasteiger partial charge in [-0.3, -0.25) is 20.6 Å². The lowest BCUT2D eigenvalue weighted by Crippen LogP contribution is -2.30. The summed E-state index contributed by atoms with van der Waals surface area (Å²) in [5, 5.41) is 2.82. The molecular weight excluding hydrogens is 246 g/mol. The lowest BCUT2D eigenvalue weighted by molar-refractivity contribution is 0.0962. The fourth-order valence-electron chi connectivity index (χ4n) is 1.38. The molecule has 2 heterocycles. The standard InChI is InChI=1S/C11H13N7O/c1-13-9-8(12)10(16-6-15-9)17-18-11(19)7-3-2-4-14-5-7/h2-6H,12H2,1H3,(H,18,19)(H2,13,15,16,17). The highest BCUT2D eigenvalue weighted by atomic mass is 16.2. The first-order valence-corrected chi connectivity index (χ1v) is 5.47. The van der Waals surface area contributed by atoms with Gasteiger partial charge in [-0.2, -0.15) is 0 Å². The van der Waals surface area contributed by atoms with Crippen LogP contribution in [0.4, 0.5) is 17.3 Å². The molecule has 2 aromatic heterocycles. The smallest absolute Gasteiger partial charge is 0.271 e. The number of nitrogens with zero attached hydrogens (tertiary/aromatic N) is 3. The van der Waals surface area contributed by atoms with Gasteiger partial charge in [0.1, 0.15) is 12.0 Å². The number of amides is 1. The lowest BCUT2D eigenvalue weighted by atomic mass is 10.3. The number of hydrazine groups is 1. The average Bonchev–Trinajstić information content (AvgIpc) is 2.47. The molecule has 0 aliphatic carbocycles. The molecule has 0 aromatic carbocycles. The van der Waals surface area contributed by atoms with E-state index in [9.17, 15) is 4.79 Å². The number of carbonyl (C=O) groups is 1. The molecule has 0 aliphatic rings. The summed E-state index contributed by atoms with van der Waals surface area (Å²) in [5.41, 5.74) is 11.7. The zero-order chi connectivity index (χ0) is 13.7.